The van der Waals surface area contributed by atoms with Gasteiger partial charge in [-0.3, -0.25) is 9.32 Å². The lowest BCUT2D eigenvalue weighted by Gasteiger charge is -2.53. The van der Waals surface area contributed by atoms with Crippen molar-refractivity contribution in [2.45, 2.75) is 457 Å². The predicted octanol–water partition coefficient (Wildman–Crippen LogP) is 16.7. The van der Waals surface area contributed by atoms with E-state index in [1.807, 2.05) is 0 Å². The van der Waals surface area contributed by atoms with Crippen LogP contribution >= 0.6 is 7.91 Å². The number of hydrogen-bond acceptors (Lipinski definition) is 28. The minimum Gasteiger partial charge on any atom is -0.379 e. The van der Waals surface area contributed by atoms with Crippen LogP contribution in [0.3, 0.4) is 0 Å². The van der Waals surface area contributed by atoms with Gasteiger partial charge < -0.3 is 119 Å². The highest BCUT2D eigenvalue weighted by Gasteiger charge is 2.60. The summed E-state index contributed by atoms with van der Waals surface area (Å²) in [6.45, 7) is 38.2. The third kappa shape index (κ3) is 39.8. The van der Waals surface area contributed by atoms with Crippen molar-refractivity contribution >= 4 is 13.8 Å². The highest BCUT2D eigenvalue weighted by atomic mass is 31.1. The molecular weight excluding hydrogens is 1600 g/mol. The van der Waals surface area contributed by atoms with E-state index in [2.05, 4.69) is 109 Å². The topological polar surface area (TPSA) is 294 Å². The zero-order valence-electron chi connectivity index (χ0n) is 78.7. The molecular formula is C92H174NO28P. The molecule has 0 radical (unpaired) electrons. The Morgan fingerprint density at radius 1 is 0.238 bits per heavy atom. The second-order valence-electron chi connectivity index (χ2n) is 33.2. The van der Waals surface area contributed by atoms with Crippen LogP contribution in [0.1, 0.15) is 303 Å². The molecule has 0 saturated carbocycles. The molecule has 5 aliphatic heterocycles. The van der Waals surface area contributed by atoms with Crippen molar-refractivity contribution in [1.29, 1.82) is 0 Å². The number of carbonyl (C=O) groups is 1. The van der Waals surface area contributed by atoms with Crippen molar-refractivity contribution in [2.75, 3.05) is 132 Å². The van der Waals surface area contributed by atoms with E-state index in [1.165, 1.54) is 6.92 Å². The van der Waals surface area contributed by atoms with Crippen LogP contribution < -0.4 is 5.32 Å². The van der Waals surface area contributed by atoms with E-state index in [1.54, 1.807) is 0 Å². The minimum atomic E-state index is -3.35. The van der Waals surface area contributed by atoms with Crippen LogP contribution in [0.25, 0.3) is 0 Å². The Bertz CT molecular complexity index is 2550. The number of rotatable bonds is 76. The van der Waals surface area contributed by atoms with Crippen LogP contribution in [0.4, 0.5) is 0 Å². The maximum atomic E-state index is 13.8. The van der Waals surface area contributed by atoms with Crippen molar-refractivity contribution in [3.05, 3.63) is 0 Å². The second-order valence-corrected chi connectivity index (χ2v) is 33.9. The molecule has 0 spiro atoms. The maximum Gasteiger partial charge on any atom is 0.468 e. The zero-order valence-corrected chi connectivity index (χ0v) is 79.6. The van der Waals surface area contributed by atoms with Gasteiger partial charge >= 0.3 is 7.91 Å². The molecule has 5 saturated heterocycles. The van der Waals surface area contributed by atoms with E-state index in [0.29, 0.717) is 118 Å². The molecule has 1 N–H and O–H groups in total. The molecule has 10 unspecified atom stereocenters. The molecule has 720 valence electrons. The number of carbonyl (C=O) groups excluding carboxylic acids is 1. The SMILES string of the molecule is CCCCOCC1O[C@H](OCC2O[C@@H](O[C@H]3C(COCCCC)O[C@@H](OCCCC)C(NC(C)=O)[C@@H]3OCCCC)C(OCCCC)[C@@H](O[C@H]3O[C@@H](COCCCC)[C@@H](OCCCC)C(OCCCC)C3O[C@H]3O[C@@H](COP(=O)=O)[C@@H](OCCCC)C(OCCCC)C3OCCCC)[C@H]2OCCCC)C(OCCCC)[C@@H](OCCCC)[C@@H]1OCCCC. The predicted molar refractivity (Wildman–Crippen MR) is 465 cm³/mol. The Labute approximate surface area is 736 Å². The Morgan fingerprint density at radius 3 is 0.828 bits per heavy atom. The van der Waals surface area contributed by atoms with Gasteiger partial charge in [-0.15, -0.1) is 0 Å². The number of unbranched alkanes of at least 4 members (excludes halogenated alkanes) is 15. The van der Waals surface area contributed by atoms with Crippen molar-refractivity contribution in [1.82, 2.24) is 5.32 Å². The van der Waals surface area contributed by atoms with Gasteiger partial charge in [0.05, 0.1) is 33.0 Å². The van der Waals surface area contributed by atoms with Crippen molar-refractivity contribution < 1.29 is 132 Å². The van der Waals surface area contributed by atoms with Crippen LogP contribution in [0, 0.1) is 0 Å². The summed E-state index contributed by atoms with van der Waals surface area (Å²) in [5, 5.41) is 3.21. The molecule has 1 amide bonds. The largest absolute Gasteiger partial charge is 0.468 e. The van der Waals surface area contributed by atoms with E-state index in [-0.39, 0.29) is 58.8 Å². The quantitative estimate of drug-likeness (QED) is 0.0437. The van der Waals surface area contributed by atoms with Crippen LogP contribution in [0.5, 0.6) is 0 Å². The van der Waals surface area contributed by atoms with Gasteiger partial charge in [0.15, 0.2) is 31.5 Å². The third-order valence-corrected chi connectivity index (χ3v) is 22.8. The summed E-state index contributed by atoms with van der Waals surface area (Å²) < 4.78 is 204. The summed E-state index contributed by atoms with van der Waals surface area (Å²) in [6.07, 6.45) is -0.626. The molecule has 0 aromatic carbocycles. The van der Waals surface area contributed by atoms with Crippen LogP contribution in [-0.2, 0) is 132 Å². The molecule has 25 atom stereocenters. The number of ether oxygens (including phenoxy) is 24. The van der Waals surface area contributed by atoms with E-state index in [0.717, 1.165) is 148 Å². The molecule has 30 heteroatoms. The molecule has 0 bridgehead atoms. The summed E-state index contributed by atoms with van der Waals surface area (Å²) in [5.74, 6) is -0.322. The molecule has 122 heavy (non-hydrogen) atoms. The lowest BCUT2D eigenvalue weighted by atomic mass is 9.94. The average molecular weight is 1770 g/mol. The fourth-order valence-corrected chi connectivity index (χ4v) is 15.4. The van der Waals surface area contributed by atoms with Gasteiger partial charge in [0.25, 0.3) is 0 Å². The molecule has 0 aromatic rings. The first-order valence-corrected chi connectivity index (χ1v) is 49.8. The highest BCUT2D eigenvalue weighted by molar-refractivity contribution is 7.24. The maximum absolute atomic E-state index is 13.8. The van der Waals surface area contributed by atoms with E-state index in [9.17, 15) is 13.9 Å². The van der Waals surface area contributed by atoms with Crippen molar-refractivity contribution in [3.8, 4) is 0 Å². The van der Waals surface area contributed by atoms with Crippen molar-refractivity contribution in [3.63, 3.8) is 0 Å². The fourth-order valence-electron chi connectivity index (χ4n) is 15.1. The second kappa shape index (κ2) is 69.3. The molecule has 5 aliphatic rings. The smallest absolute Gasteiger partial charge is 0.379 e. The summed E-state index contributed by atoms with van der Waals surface area (Å²) in [6, 6.07) is -0.894. The van der Waals surface area contributed by atoms with Gasteiger partial charge in [0.2, 0.25) is 5.91 Å². The van der Waals surface area contributed by atoms with Gasteiger partial charge in [-0.25, -0.2) is 9.13 Å². The average Bonchev–Trinajstić information content (AvgIpc) is 0.756. The monoisotopic (exact) mass is 1770 g/mol. The summed E-state index contributed by atoms with van der Waals surface area (Å²) in [4.78, 5) is 13.8. The van der Waals surface area contributed by atoms with Gasteiger partial charge in [-0.05, 0) is 96.3 Å². The zero-order chi connectivity index (χ0) is 88.3. The highest BCUT2D eigenvalue weighted by Crippen LogP contribution is 2.42. The van der Waals surface area contributed by atoms with Crippen molar-refractivity contribution in [2.24, 2.45) is 0 Å². The fraction of sp³-hybridized carbons (Fsp3) is 0.989. The van der Waals surface area contributed by atoms with E-state index < -0.39 is 168 Å². The Morgan fingerprint density at radius 2 is 0.475 bits per heavy atom. The van der Waals surface area contributed by atoms with E-state index >= 15 is 0 Å². The Kier molecular flexibility index (Phi) is 63.0. The molecule has 5 fully saturated rings. The molecule has 5 heterocycles. The molecule has 29 nitrogen and oxygen atoms in total. The number of hydrogen-bond donors (Lipinski definition) is 1. The lowest BCUT2D eigenvalue weighted by molar-refractivity contribution is -0.407. The first-order valence-electron chi connectivity index (χ1n) is 48.7. The van der Waals surface area contributed by atoms with Gasteiger partial charge in [-0.2, -0.15) is 0 Å². The Hall–Kier alpha value is -1.63. The first kappa shape index (κ1) is 111. The molecule has 0 aliphatic carbocycles. The van der Waals surface area contributed by atoms with Gasteiger partial charge in [0, 0.05) is 106 Å². The van der Waals surface area contributed by atoms with Gasteiger partial charge in [-0.1, -0.05) is 200 Å². The number of amides is 1. The summed E-state index contributed by atoms with van der Waals surface area (Å²) >= 11 is 0. The molecule has 5 rings (SSSR count). The first-order chi connectivity index (χ1) is 59.7. The minimum absolute atomic E-state index is 0.0523. The standard InChI is InChI=1S/C92H174NO28P/c1-17-32-47-97-62-68-74(100-50-35-20-4)80(105-55-40-25-9)84(108-58-43-28-12)89(115-68)112-65-71-77(103-53-38-23-7)83(86(110-60-45-30-14)91(117-71)119-78-70(64-99-49-34-19-3)114-88(111-61-46-31-15)73(93-67(16)94)79(78)104-54-39-24-8)120-92-87(82(107-57-42-27-11)75(101-51-36-21-5)69(116-92)63-98-48-33-18-2)121-90-85(109-59-44-29-13)81(106-56-41-26-10)76(102-52-37-22-6)72(118-90)66-113-122(95)96/h68-92H,17-66H2,1-16H3,(H,93,94)/t68?,69-,70?,71?,72-,73?,74+,75+,76+,77-,78-,79-,80-,81?,82?,83-,84?,85?,86?,87?,88+,89-,90+,91-,92+/m0/s1. The Balaban J connectivity index is 1.97. The van der Waals surface area contributed by atoms with Crippen LogP contribution in [0.15, 0.2) is 0 Å². The van der Waals surface area contributed by atoms with Gasteiger partial charge in [0.1, 0.15) is 122 Å². The lowest BCUT2D eigenvalue weighted by Crippen LogP contribution is -2.70. The number of nitrogens with one attached hydrogen (secondary N) is 1. The van der Waals surface area contributed by atoms with E-state index in [4.69, 9.17) is 118 Å². The third-order valence-electron chi connectivity index (χ3n) is 22.5. The molecule has 0 aromatic heterocycles. The van der Waals surface area contributed by atoms with Crippen LogP contribution in [-0.4, -0.2) is 292 Å². The van der Waals surface area contributed by atoms with Crippen LogP contribution in [0.2, 0.25) is 0 Å². The summed E-state index contributed by atoms with van der Waals surface area (Å²) in [7, 11) is -3.35. The summed E-state index contributed by atoms with van der Waals surface area (Å²) in [5.41, 5.74) is 0. The normalized spacial score (nSPS) is 30.8.